The van der Waals surface area contributed by atoms with E-state index in [4.69, 9.17) is 0 Å². The fourth-order valence-electron chi connectivity index (χ4n) is 4.15. The number of carbonyl (C=O) groups excluding carboxylic acids is 1. The van der Waals surface area contributed by atoms with Crippen molar-refractivity contribution in [1.29, 1.82) is 0 Å². The first-order valence-corrected chi connectivity index (χ1v) is 10.9. The Morgan fingerprint density at radius 2 is 1.84 bits per heavy atom. The average Bonchev–Trinajstić information content (AvgIpc) is 3.18. The lowest BCUT2D eigenvalue weighted by molar-refractivity contribution is -0.144. The molecule has 0 bridgehead atoms. The van der Waals surface area contributed by atoms with Crippen LogP contribution in [0.5, 0.6) is 0 Å². The summed E-state index contributed by atoms with van der Waals surface area (Å²) in [5.41, 5.74) is 3.46. The van der Waals surface area contributed by atoms with Gasteiger partial charge in [-0.05, 0) is 29.8 Å². The number of rotatable bonds is 7. The standard InChI is InChI=1S/C24H29N5O3/c1-16(2)23(30)27-18-3-4-19-20(14-26-21(19)13-18)22(24(31)32)29-11-9-28(10-12-29)15-17-5-7-25-8-6-17/h3-8,13-14,16,22,26H,9-12,15H2,1-2H3,(H,27,30)(H,31,32)/t22-/m1/s1. The molecule has 0 radical (unpaired) electrons. The second-order valence-electron chi connectivity index (χ2n) is 8.56. The van der Waals surface area contributed by atoms with Gasteiger partial charge in [-0.3, -0.25) is 24.4 Å². The van der Waals surface area contributed by atoms with Crippen molar-refractivity contribution in [3.63, 3.8) is 0 Å². The number of hydrogen-bond donors (Lipinski definition) is 3. The number of hydrogen-bond acceptors (Lipinski definition) is 5. The maximum absolute atomic E-state index is 12.3. The van der Waals surface area contributed by atoms with Gasteiger partial charge in [-0.25, -0.2) is 0 Å². The van der Waals surface area contributed by atoms with Gasteiger partial charge in [-0.15, -0.1) is 0 Å². The highest BCUT2D eigenvalue weighted by Crippen LogP contribution is 2.31. The Labute approximate surface area is 187 Å². The Morgan fingerprint density at radius 3 is 2.50 bits per heavy atom. The third-order valence-electron chi connectivity index (χ3n) is 5.96. The average molecular weight is 436 g/mol. The van der Waals surface area contributed by atoms with E-state index in [0.29, 0.717) is 18.8 Å². The minimum absolute atomic E-state index is 0.0517. The van der Waals surface area contributed by atoms with Crippen molar-refractivity contribution in [2.75, 3.05) is 31.5 Å². The molecule has 3 N–H and O–H groups in total. The molecule has 0 saturated carbocycles. The van der Waals surface area contributed by atoms with Gasteiger partial charge in [0.15, 0.2) is 0 Å². The smallest absolute Gasteiger partial charge is 0.325 e. The highest BCUT2D eigenvalue weighted by Gasteiger charge is 2.32. The minimum atomic E-state index is -0.856. The van der Waals surface area contributed by atoms with Crippen molar-refractivity contribution in [1.82, 2.24) is 19.8 Å². The van der Waals surface area contributed by atoms with Gasteiger partial charge < -0.3 is 15.4 Å². The van der Waals surface area contributed by atoms with E-state index in [2.05, 4.69) is 20.2 Å². The number of piperazine rings is 1. The Balaban J connectivity index is 1.48. The van der Waals surface area contributed by atoms with Crippen molar-refractivity contribution < 1.29 is 14.7 Å². The van der Waals surface area contributed by atoms with Crippen molar-refractivity contribution in [2.45, 2.75) is 26.4 Å². The number of aliphatic carboxylic acids is 1. The zero-order valence-electron chi connectivity index (χ0n) is 18.4. The summed E-state index contributed by atoms with van der Waals surface area (Å²) in [6, 6.07) is 8.86. The number of carboxylic acid groups (broad SMARTS) is 1. The van der Waals surface area contributed by atoms with Gasteiger partial charge in [0, 0.05) is 79.4 Å². The monoisotopic (exact) mass is 435 g/mol. The van der Waals surface area contributed by atoms with Crippen molar-refractivity contribution in [3.8, 4) is 0 Å². The van der Waals surface area contributed by atoms with Crippen LogP contribution in [0, 0.1) is 5.92 Å². The predicted molar refractivity (Wildman–Crippen MR) is 123 cm³/mol. The fourth-order valence-corrected chi connectivity index (χ4v) is 4.15. The number of anilines is 1. The zero-order chi connectivity index (χ0) is 22.7. The number of carbonyl (C=O) groups is 2. The number of nitrogens with zero attached hydrogens (tertiary/aromatic N) is 3. The van der Waals surface area contributed by atoms with E-state index in [9.17, 15) is 14.7 Å². The molecule has 4 rings (SSSR count). The van der Waals surface area contributed by atoms with Gasteiger partial charge in [0.2, 0.25) is 5.91 Å². The van der Waals surface area contributed by atoms with Crippen LogP contribution in [-0.2, 0) is 16.1 Å². The van der Waals surface area contributed by atoms with Crippen LogP contribution in [0.3, 0.4) is 0 Å². The fraction of sp³-hybridized carbons (Fsp3) is 0.375. The van der Waals surface area contributed by atoms with E-state index in [1.165, 1.54) is 5.56 Å². The molecule has 3 heterocycles. The summed E-state index contributed by atoms with van der Waals surface area (Å²) in [5, 5.41) is 13.8. The molecule has 1 amide bonds. The summed E-state index contributed by atoms with van der Waals surface area (Å²) < 4.78 is 0. The van der Waals surface area contributed by atoms with E-state index in [-0.39, 0.29) is 11.8 Å². The number of amides is 1. The second kappa shape index (κ2) is 9.50. The molecule has 8 heteroatoms. The lowest BCUT2D eigenvalue weighted by Gasteiger charge is -2.37. The van der Waals surface area contributed by atoms with Gasteiger partial charge in [-0.2, -0.15) is 0 Å². The molecular formula is C24H29N5O3. The molecule has 0 spiro atoms. The second-order valence-corrected chi connectivity index (χ2v) is 8.56. The van der Waals surface area contributed by atoms with E-state index >= 15 is 0 Å². The van der Waals surface area contributed by atoms with Crippen molar-refractivity contribution in [3.05, 3.63) is 60.0 Å². The van der Waals surface area contributed by atoms with Crippen LogP contribution in [0.2, 0.25) is 0 Å². The molecule has 0 unspecified atom stereocenters. The summed E-state index contributed by atoms with van der Waals surface area (Å²) >= 11 is 0. The van der Waals surface area contributed by atoms with Gasteiger partial charge in [0.05, 0.1) is 0 Å². The molecule has 168 valence electrons. The molecule has 1 aliphatic heterocycles. The number of aromatic nitrogens is 2. The lowest BCUT2D eigenvalue weighted by Crippen LogP contribution is -2.48. The van der Waals surface area contributed by atoms with Crippen LogP contribution < -0.4 is 5.32 Å². The molecule has 0 aliphatic carbocycles. The number of carboxylic acids is 1. The number of pyridine rings is 1. The van der Waals surface area contributed by atoms with Crippen LogP contribution in [0.1, 0.15) is 31.0 Å². The third kappa shape index (κ3) is 4.81. The zero-order valence-corrected chi connectivity index (χ0v) is 18.4. The molecular weight excluding hydrogens is 406 g/mol. The van der Waals surface area contributed by atoms with Gasteiger partial charge in [0.25, 0.3) is 0 Å². The topological polar surface area (TPSA) is 102 Å². The van der Waals surface area contributed by atoms with Gasteiger partial charge in [0.1, 0.15) is 6.04 Å². The van der Waals surface area contributed by atoms with Crippen molar-refractivity contribution >= 4 is 28.5 Å². The number of H-pyrrole nitrogens is 1. The van der Waals surface area contributed by atoms with Crippen LogP contribution in [0.4, 0.5) is 5.69 Å². The number of benzene rings is 1. The summed E-state index contributed by atoms with van der Waals surface area (Å²) in [4.78, 5) is 35.9. The molecule has 1 aliphatic rings. The molecule has 2 aromatic heterocycles. The molecule has 3 aromatic rings. The lowest BCUT2D eigenvalue weighted by atomic mass is 10.0. The van der Waals surface area contributed by atoms with E-state index in [0.717, 1.165) is 36.1 Å². The van der Waals surface area contributed by atoms with E-state index in [1.807, 2.05) is 49.1 Å². The summed E-state index contributed by atoms with van der Waals surface area (Å²) in [6.07, 6.45) is 5.37. The molecule has 1 atom stereocenters. The Morgan fingerprint density at radius 1 is 1.12 bits per heavy atom. The Kier molecular flexibility index (Phi) is 6.53. The quantitative estimate of drug-likeness (QED) is 0.527. The molecule has 1 fully saturated rings. The van der Waals surface area contributed by atoms with Crippen LogP contribution in [0.15, 0.2) is 48.9 Å². The molecule has 32 heavy (non-hydrogen) atoms. The maximum atomic E-state index is 12.3. The molecule has 1 aromatic carbocycles. The number of nitrogens with one attached hydrogen (secondary N) is 2. The van der Waals surface area contributed by atoms with Crippen LogP contribution in [-0.4, -0.2) is 62.9 Å². The first kappa shape index (κ1) is 22.0. The van der Waals surface area contributed by atoms with E-state index in [1.54, 1.807) is 18.6 Å². The van der Waals surface area contributed by atoms with Gasteiger partial charge in [-0.1, -0.05) is 19.9 Å². The Hall–Kier alpha value is -3.23. The number of aromatic amines is 1. The predicted octanol–water partition coefficient (Wildman–Crippen LogP) is 3.10. The largest absolute Gasteiger partial charge is 0.480 e. The highest BCUT2D eigenvalue weighted by molar-refractivity contribution is 5.96. The van der Waals surface area contributed by atoms with Crippen LogP contribution >= 0.6 is 0 Å². The normalized spacial score (nSPS) is 16.3. The first-order chi connectivity index (χ1) is 15.4. The van der Waals surface area contributed by atoms with Crippen LogP contribution in [0.25, 0.3) is 10.9 Å². The van der Waals surface area contributed by atoms with Crippen molar-refractivity contribution in [2.24, 2.45) is 5.92 Å². The molecule has 8 nitrogen and oxygen atoms in total. The summed E-state index contributed by atoms with van der Waals surface area (Å²) in [7, 11) is 0. The highest BCUT2D eigenvalue weighted by atomic mass is 16.4. The Bertz CT molecular complexity index is 1090. The SMILES string of the molecule is CC(C)C(=O)Nc1ccc2c([C@H](C(=O)O)N3CCN(Cc4ccncc4)CC3)c[nH]c2c1. The first-order valence-electron chi connectivity index (χ1n) is 10.9. The molecule has 1 saturated heterocycles. The summed E-state index contributed by atoms with van der Waals surface area (Å²) in [5.74, 6) is -1.02. The number of fused-ring (bicyclic) bond motifs is 1. The summed E-state index contributed by atoms with van der Waals surface area (Å²) in [6.45, 7) is 7.49. The van der Waals surface area contributed by atoms with Gasteiger partial charge >= 0.3 is 5.97 Å². The maximum Gasteiger partial charge on any atom is 0.325 e. The third-order valence-corrected chi connectivity index (χ3v) is 5.96. The van der Waals surface area contributed by atoms with E-state index < -0.39 is 12.0 Å². The minimum Gasteiger partial charge on any atom is -0.480 e.